The van der Waals surface area contributed by atoms with E-state index >= 15 is 0 Å². The molecule has 0 radical (unpaired) electrons. The standard InChI is InChI=1S/C11H17NO2/c1-11(2,3)14-10-6-8(12-4)5-9(13)7-10/h5-7,12-13H,1-4H3. The SMILES string of the molecule is CNc1cc(O)cc(OC(C)(C)C)c1. The van der Waals surface area contributed by atoms with Crippen molar-refractivity contribution in [3.05, 3.63) is 18.2 Å². The molecule has 0 unspecified atom stereocenters. The molecular formula is C11H17NO2. The van der Waals surface area contributed by atoms with E-state index in [1.165, 1.54) is 0 Å². The average molecular weight is 195 g/mol. The summed E-state index contributed by atoms with van der Waals surface area (Å²) in [4.78, 5) is 0. The van der Waals surface area contributed by atoms with Gasteiger partial charge in [0.25, 0.3) is 0 Å². The van der Waals surface area contributed by atoms with Crippen molar-refractivity contribution in [3.8, 4) is 11.5 Å². The Morgan fingerprint density at radius 3 is 2.36 bits per heavy atom. The summed E-state index contributed by atoms with van der Waals surface area (Å²) in [5.74, 6) is 0.873. The van der Waals surface area contributed by atoms with Gasteiger partial charge in [-0.1, -0.05) is 0 Å². The molecule has 0 aliphatic rings. The van der Waals surface area contributed by atoms with Crippen molar-refractivity contribution in [1.82, 2.24) is 0 Å². The highest BCUT2D eigenvalue weighted by Crippen LogP contribution is 2.27. The summed E-state index contributed by atoms with van der Waals surface area (Å²) in [5.41, 5.74) is 0.586. The number of ether oxygens (including phenoxy) is 1. The fraction of sp³-hybridized carbons (Fsp3) is 0.455. The zero-order valence-electron chi connectivity index (χ0n) is 9.09. The number of phenolic OH excluding ortho intramolecular Hbond substituents is 1. The minimum Gasteiger partial charge on any atom is -0.508 e. The highest BCUT2D eigenvalue weighted by molar-refractivity contribution is 5.52. The Labute approximate surface area is 84.7 Å². The lowest BCUT2D eigenvalue weighted by Gasteiger charge is -2.21. The van der Waals surface area contributed by atoms with Crippen LogP contribution in [0.25, 0.3) is 0 Å². The summed E-state index contributed by atoms with van der Waals surface area (Å²) >= 11 is 0. The largest absolute Gasteiger partial charge is 0.508 e. The van der Waals surface area contributed by atoms with Gasteiger partial charge in [0, 0.05) is 30.9 Å². The van der Waals surface area contributed by atoms with Gasteiger partial charge in [-0.25, -0.2) is 0 Å². The Bertz CT molecular complexity index is 316. The lowest BCUT2D eigenvalue weighted by Crippen LogP contribution is -2.22. The van der Waals surface area contributed by atoms with E-state index in [0.29, 0.717) is 5.75 Å². The van der Waals surface area contributed by atoms with Gasteiger partial charge in [-0.05, 0) is 20.8 Å². The van der Waals surface area contributed by atoms with Gasteiger partial charge in [0.1, 0.15) is 17.1 Å². The molecule has 3 nitrogen and oxygen atoms in total. The number of rotatable bonds is 2. The molecule has 0 amide bonds. The van der Waals surface area contributed by atoms with Gasteiger partial charge in [0.2, 0.25) is 0 Å². The van der Waals surface area contributed by atoms with Crippen LogP contribution in [0.3, 0.4) is 0 Å². The second kappa shape index (κ2) is 3.78. The van der Waals surface area contributed by atoms with E-state index in [4.69, 9.17) is 4.74 Å². The number of aromatic hydroxyl groups is 1. The molecule has 1 rings (SSSR count). The van der Waals surface area contributed by atoms with Crippen LogP contribution < -0.4 is 10.1 Å². The van der Waals surface area contributed by atoms with Gasteiger partial charge < -0.3 is 15.2 Å². The first kappa shape index (κ1) is 10.7. The van der Waals surface area contributed by atoms with Crippen molar-refractivity contribution < 1.29 is 9.84 Å². The molecule has 0 aliphatic carbocycles. The third kappa shape index (κ3) is 3.17. The van der Waals surface area contributed by atoms with E-state index in [-0.39, 0.29) is 11.4 Å². The number of hydrogen-bond donors (Lipinski definition) is 2. The molecular weight excluding hydrogens is 178 g/mol. The summed E-state index contributed by atoms with van der Waals surface area (Å²) in [7, 11) is 1.80. The van der Waals surface area contributed by atoms with E-state index in [1.54, 1.807) is 19.2 Å². The molecule has 3 heteroatoms. The van der Waals surface area contributed by atoms with E-state index in [9.17, 15) is 5.11 Å². The summed E-state index contributed by atoms with van der Waals surface area (Å²) in [6.07, 6.45) is 0. The van der Waals surface area contributed by atoms with Crippen LogP contribution in [0, 0.1) is 0 Å². The van der Waals surface area contributed by atoms with Crippen LogP contribution in [-0.2, 0) is 0 Å². The molecule has 0 aliphatic heterocycles. The number of anilines is 1. The Morgan fingerprint density at radius 1 is 1.21 bits per heavy atom. The molecule has 0 heterocycles. The highest BCUT2D eigenvalue weighted by Gasteiger charge is 2.12. The smallest absolute Gasteiger partial charge is 0.125 e. The molecule has 1 aromatic rings. The van der Waals surface area contributed by atoms with Gasteiger partial charge >= 0.3 is 0 Å². The van der Waals surface area contributed by atoms with Gasteiger partial charge in [0.05, 0.1) is 0 Å². The van der Waals surface area contributed by atoms with Crippen LogP contribution in [0.15, 0.2) is 18.2 Å². The first-order chi connectivity index (χ1) is 6.40. The molecule has 1 aromatic carbocycles. The van der Waals surface area contributed by atoms with Crippen LogP contribution in [0.4, 0.5) is 5.69 Å². The molecule has 0 saturated heterocycles. The maximum absolute atomic E-state index is 9.40. The fourth-order valence-corrected chi connectivity index (χ4v) is 1.14. The first-order valence-corrected chi connectivity index (χ1v) is 4.61. The Hall–Kier alpha value is -1.38. The number of benzene rings is 1. The molecule has 0 fully saturated rings. The third-order valence-corrected chi connectivity index (χ3v) is 1.60. The molecule has 0 spiro atoms. The summed E-state index contributed by atoms with van der Waals surface area (Å²) < 4.78 is 5.62. The fourth-order valence-electron chi connectivity index (χ4n) is 1.14. The van der Waals surface area contributed by atoms with Gasteiger partial charge in [0.15, 0.2) is 0 Å². The van der Waals surface area contributed by atoms with Gasteiger partial charge in [-0.2, -0.15) is 0 Å². The van der Waals surface area contributed by atoms with E-state index in [1.807, 2.05) is 26.8 Å². The second-order valence-corrected chi connectivity index (χ2v) is 4.18. The summed E-state index contributed by atoms with van der Waals surface area (Å²) in [6, 6.07) is 5.10. The van der Waals surface area contributed by atoms with Crippen molar-refractivity contribution in [3.63, 3.8) is 0 Å². The Balaban J connectivity index is 2.92. The maximum Gasteiger partial charge on any atom is 0.125 e. The first-order valence-electron chi connectivity index (χ1n) is 4.61. The molecule has 2 N–H and O–H groups in total. The Kier molecular flexibility index (Phi) is 2.89. The maximum atomic E-state index is 9.40. The van der Waals surface area contributed by atoms with Crippen molar-refractivity contribution in [2.75, 3.05) is 12.4 Å². The van der Waals surface area contributed by atoms with Crippen LogP contribution in [0.2, 0.25) is 0 Å². The van der Waals surface area contributed by atoms with Crippen LogP contribution in [-0.4, -0.2) is 17.8 Å². The monoisotopic (exact) mass is 195 g/mol. The van der Waals surface area contributed by atoms with Crippen LogP contribution >= 0.6 is 0 Å². The quantitative estimate of drug-likeness (QED) is 0.762. The molecule has 0 saturated carbocycles. The summed E-state index contributed by atoms with van der Waals surface area (Å²) in [6.45, 7) is 5.91. The lowest BCUT2D eigenvalue weighted by molar-refractivity contribution is 0.130. The van der Waals surface area contributed by atoms with Gasteiger partial charge in [-0.15, -0.1) is 0 Å². The van der Waals surface area contributed by atoms with Gasteiger partial charge in [-0.3, -0.25) is 0 Å². The molecule has 14 heavy (non-hydrogen) atoms. The van der Waals surface area contributed by atoms with Crippen molar-refractivity contribution in [1.29, 1.82) is 0 Å². The molecule has 0 aromatic heterocycles. The summed E-state index contributed by atoms with van der Waals surface area (Å²) in [5, 5.41) is 12.4. The zero-order valence-corrected chi connectivity index (χ0v) is 9.09. The minimum atomic E-state index is -0.251. The predicted octanol–water partition coefficient (Wildman–Crippen LogP) is 2.61. The second-order valence-electron chi connectivity index (χ2n) is 4.18. The van der Waals surface area contributed by atoms with Crippen molar-refractivity contribution in [2.45, 2.75) is 26.4 Å². The topological polar surface area (TPSA) is 41.5 Å². The Morgan fingerprint density at radius 2 is 1.86 bits per heavy atom. The van der Waals surface area contributed by atoms with Crippen LogP contribution in [0.1, 0.15) is 20.8 Å². The lowest BCUT2D eigenvalue weighted by atomic mass is 10.2. The predicted molar refractivity (Wildman–Crippen MR) is 58.0 cm³/mol. The van der Waals surface area contributed by atoms with E-state index in [2.05, 4.69) is 5.32 Å². The number of phenols is 1. The van der Waals surface area contributed by atoms with Crippen LogP contribution in [0.5, 0.6) is 11.5 Å². The van der Waals surface area contributed by atoms with Crippen molar-refractivity contribution in [2.24, 2.45) is 0 Å². The minimum absolute atomic E-state index is 0.205. The average Bonchev–Trinajstić information content (AvgIpc) is 1.99. The number of nitrogens with one attached hydrogen (secondary N) is 1. The molecule has 78 valence electrons. The van der Waals surface area contributed by atoms with Crippen molar-refractivity contribution >= 4 is 5.69 Å². The van der Waals surface area contributed by atoms with E-state index < -0.39 is 0 Å². The number of hydrogen-bond acceptors (Lipinski definition) is 3. The highest BCUT2D eigenvalue weighted by atomic mass is 16.5. The van der Waals surface area contributed by atoms with E-state index in [0.717, 1.165) is 5.69 Å². The zero-order chi connectivity index (χ0) is 10.8. The third-order valence-electron chi connectivity index (χ3n) is 1.60. The normalized spacial score (nSPS) is 11.1. The molecule has 0 bridgehead atoms. The molecule has 0 atom stereocenters.